The van der Waals surface area contributed by atoms with Crippen molar-refractivity contribution in [2.75, 3.05) is 19.7 Å². The lowest BCUT2D eigenvalue weighted by molar-refractivity contribution is -0.153. The number of carboxylic acid groups (broad SMARTS) is 1. The molecule has 1 aliphatic rings. The zero-order valence-electron chi connectivity index (χ0n) is 20.2. The van der Waals surface area contributed by atoms with Crippen molar-refractivity contribution in [2.24, 2.45) is 5.73 Å². The van der Waals surface area contributed by atoms with Crippen molar-refractivity contribution in [1.82, 2.24) is 10.2 Å². The molecular formula is C26H35N3O5S. The number of hydrogen-bond donors (Lipinski definition) is 3. The molecule has 0 spiro atoms. The summed E-state index contributed by atoms with van der Waals surface area (Å²) in [7, 11) is 0. The van der Waals surface area contributed by atoms with Gasteiger partial charge in [-0.15, -0.1) is 11.3 Å². The molecule has 9 heteroatoms. The van der Waals surface area contributed by atoms with E-state index in [-0.39, 0.29) is 12.5 Å². The van der Waals surface area contributed by atoms with Crippen LogP contribution in [-0.4, -0.2) is 59.6 Å². The number of unbranched alkanes of at least 4 members (excludes halogenated alkanes) is 1. The van der Waals surface area contributed by atoms with Gasteiger partial charge in [-0.2, -0.15) is 0 Å². The highest BCUT2D eigenvalue weighted by Crippen LogP contribution is 2.34. The third-order valence-corrected chi connectivity index (χ3v) is 7.27. The smallest absolute Gasteiger partial charge is 0.331 e. The number of thiophene rings is 1. The second-order valence-corrected chi connectivity index (χ2v) is 9.61. The van der Waals surface area contributed by atoms with Crippen LogP contribution in [0.25, 0.3) is 0 Å². The molecule has 0 bridgehead atoms. The van der Waals surface area contributed by atoms with Crippen LogP contribution in [0.4, 0.5) is 0 Å². The number of ether oxygens (including phenoxy) is 1. The van der Waals surface area contributed by atoms with Crippen molar-refractivity contribution in [3.05, 3.63) is 57.8 Å². The molecule has 0 saturated heterocycles. The lowest BCUT2D eigenvalue weighted by atomic mass is 9.98. The van der Waals surface area contributed by atoms with Crippen LogP contribution in [0.5, 0.6) is 0 Å². The monoisotopic (exact) mass is 501 g/mol. The fraction of sp³-hybridized carbons (Fsp3) is 0.500. The molecule has 4 N–H and O–H groups in total. The number of carbonyl (C=O) groups excluding carboxylic acids is 2. The van der Waals surface area contributed by atoms with Gasteiger partial charge in [0.15, 0.2) is 6.04 Å². The summed E-state index contributed by atoms with van der Waals surface area (Å²) in [6.45, 7) is 2.81. The first-order valence-corrected chi connectivity index (χ1v) is 13.1. The number of rotatable bonds is 13. The molecule has 1 aliphatic heterocycles. The SMILES string of the molecule is CCOC(=O)[C@H](CCc1ccccc1)N[C@@H](CCCCN)C(=O)N1CCc2ccsc2[C@@H]1C(=O)O. The summed E-state index contributed by atoms with van der Waals surface area (Å²) < 4.78 is 5.30. The number of nitrogens with two attached hydrogens (primary N) is 1. The van der Waals surface area contributed by atoms with Gasteiger partial charge in [0.05, 0.1) is 12.6 Å². The highest BCUT2D eigenvalue weighted by Gasteiger charge is 2.40. The number of hydrogen-bond acceptors (Lipinski definition) is 7. The van der Waals surface area contributed by atoms with Crippen molar-refractivity contribution in [1.29, 1.82) is 0 Å². The van der Waals surface area contributed by atoms with E-state index in [1.807, 2.05) is 41.8 Å². The number of nitrogens with zero attached hydrogens (tertiary/aromatic N) is 1. The molecule has 0 fully saturated rings. The van der Waals surface area contributed by atoms with Crippen LogP contribution in [0.2, 0.25) is 0 Å². The van der Waals surface area contributed by atoms with Crippen molar-refractivity contribution in [2.45, 2.75) is 63.6 Å². The van der Waals surface area contributed by atoms with E-state index >= 15 is 0 Å². The molecule has 1 aromatic carbocycles. The first-order chi connectivity index (χ1) is 17.0. The average Bonchev–Trinajstić information content (AvgIpc) is 3.34. The summed E-state index contributed by atoms with van der Waals surface area (Å²) in [5.74, 6) is -1.76. The number of benzene rings is 1. The van der Waals surface area contributed by atoms with Gasteiger partial charge in [0, 0.05) is 11.4 Å². The maximum Gasteiger partial charge on any atom is 0.331 e. The minimum atomic E-state index is -1.05. The van der Waals surface area contributed by atoms with Crippen LogP contribution in [0.3, 0.4) is 0 Å². The molecule has 35 heavy (non-hydrogen) atoms. The van der Waals surface area contributed by atoms with Gasteiger partial charge in [0.2, 0.25) is 5.91 Å². The maximum absolute atomic E-state index is 13.8. The van der Waals surface area contributed by atoms with E-state index in [2.05, 4.69) is 5.32 Å². The molecule has 0 aliphatic carbocycles. The van der Waals surface area contributed by atoms with E-state index in [0.29, 0.717) is 50.1 Å². The quantitative estimate of drug-likeness (QED) is 0.285. The van der Waals surface area contributed by atoms with Crippen LogP contribution >= 0.6 is 11.3 Å². The normalized spacial score (nSPS) is 16.9. The number of aryl methyl sites for hydroxylation is 1. The van der Waals surface area contributed by atoms with E-state index in [1.165, 1.54) is 16.2 Å². The summed E-state index contributed by atoms with van der Waals surface area (Å²) in [5.41, 5.74) is 7.73. The maximum atomic E-state index is 13.8. The number of amides is 1. The molecule has 0 unspecified atom stereocenters. The predicted molar refractivity (Wildman–Crippen MR) is 135 cm³/mol. The molecule has 8 nitrogen and oxygen atoms in total. The van der Waals surface area contributed by atoms with Crippen molar-refractivity contribution in [3.8, 4) is 0 Å². The molecule has 2 aromatic rings. The summed E-state index contributed by atoms with van der Waals surface area (Å²) >= 11 is 1.36. The highest BCUT2D eigenvalue weighted by molar-refractivity contribution is 7.10. The lowest BCUT2D eigenvalue weighted by Gasteiger charge is -2.36. The third-order valence-electron chi connectivity index (χ3n) is 6.26. The molecule has 0 saturated carbocycles. The Kier molecular flexibility index (Phi) is 10.3. The van der Waals surface area contributed by atoms with Crippen LogP contribution in [0.15, 0.2) is 41.8 Å². The molecule has 0 radical (unpaired) electrons. The van der Waals surface area contributed by atoms with Crippen LogP contribution in [0.1, 0.15) is 54.7 Å². The second kappa shape index (κ2) is 13.4. The van der Waals surface area contributed by atoms with Crippen molar-refractivity contribution >= 4 is 29.2 Å². The molecule has 190 valence electrons. The van der Waals surface area contributed by atoms with Crippen LogP contribution < -0.4 is 11.1 Å². The van der Waals surface area contributed by atoms with E-state index in [1.54, 1.807) is 6.92 Å². The lowest BCUT2D eigenvalue weighted by Crippen LogP contribution is -2.55. The number of aliphatic carboxylic acids is 1. The van der Waals surface area contributed by atoms with Gasteiger partial charge in [-0.1, -0.05) is 36.8 Å². The topological polar surface area (TPSA) is 122 Å². The van der Waals surface area contributed by atoms with Gasteiger partial charge in [-0.05, 0) is 68.1 Å². The number of carboxylic acids is 1. The van der Waals surface area contributed by atoms with E-state index < -0.39 is 30.1 Å². The van der Waals surface area contributed by atoms with Crippen LogP contribution in [0, 0.1) is 0 Å². The molecular weight excluding hydrogens is 466 g/mol. The molecule has 3 rings (SSSR count). The first kappa shape index (κ1) is 26.8. The van der Waals surface area contributed by atoms with Gasteiger partial charge in [-0.3, -0.25) is 14.9 Å². The zero-order chi connectivity index (χ0) is 25.2. The molecule has 3 atom stereocenters. The molecule has 2 heterocycles. The summed E-state index contributed by atoms with van der Waals surface area (Å²) in [5, 5.41) is 15.1. The van der Waals surface area contributed by atoms with Gasteiger partial charge < -0.3 is 20.5 Å². The Bertz CT molecular complexity index is 980. The Hall–Kier alpha value is -2.75. The second-order valence-electron chi connectivity index (χ2n) is 8.67. The zero-order valence-corrected chi connectivity index (χ0v) is 21.0. The Morgan fingerprint density at radius 2 is 1.94 bits per heavy atom. The van der Waals surface area contributed by atoms with Gasteiger partial charge in [-0.25, -0.2) is 4.79 Å². The number of esters is 1. The summed E-state index contributed by atoms with van der Waals surface area (Å²) in [6.07, 6.45) is 3.58. The average molecular weight is 502 g/mol. The highest BCUT2D eigenvalue weighted by atomic mass is 32.1. The Labute approximate surface area is 210 Å². The Morgan fingerprint density at radius 1 is 1.17 bits per heavy atom. The predicted octanol–water partition coefficient (Wildman–Crippen LogP) is 2.91. The Morgan fingerprint density at radius 3 is 2.63 bits per heavy atom. The fourth-order valence-corrected chi connectivity index (χ4v) is 5.53. The minimum Gasteiger partial charge on any atom is -0.479 e. The Balaban J connectivity index is 1.81. The van der Waals surface area contributed by atoms with Gasteiger partial charge in [0.25, 0.3) is 0 Å². The molecule has 1 aromatic heterocycles. The summed E-state index contributed by atoms with van der Waals surface area (Å²) in [6, 6.07) is 9.33. The molecule has 1 amide bonds. The van der Waals surface area contributed by atoms with Crippen LogP contribution in [-0.2, 0) is 32.0 Å². The fourth-order valence-electron chi connectivity index (χ4n) is 4.47. The van der Waals surface area contributed by atoms with E-state index in [4.69, 9.17) is 10.5 Å². The number of fused-ring (bicyclic) bond motifs is 1. The van der Waals surface area contributed by atoms with E-state index in [0.717, 1.165) is 17.5 Å². The number of nitrogens with one attached hydrogen (secondary N) is 1. The van der Waals surface area contributed by atoms with Crippen molar-refractivity contribution in [3.63, 3.8) is 0 Å². The minimum absolute atomic E-state index is 0.239. The number of carbonyl (C=O) groups is 3. The van der Waals surface area contributed by atoms with E-state index in [9.17, 15) is 19.5 Å². The summed E-state index contributed by atoms with van der Waals surface area (Å²) in [4.78, 5) is 40.9. The first-order valence-electron chi connectivity index (χ1n) is 12.2. The van der Waals surface area contributed by atoms with Gasteiger partial charge in [0.1, 0.15) is 6.04 Å². The standard InChI is InChI=1S/C26H35N3O5S/c1-2-34-26(33)21(12-11-18-8-4-3-5-9-18)28-20(10-6-7-15-27)24(30)29-16-13-19-14-17-35-23(19)22(29)25(31)32/h3-5,8-9,14,17,20-22,28H,2,6-7,10-13,15-16,27H2,1H3,(H,31,32)/t20-,21-,22+/m0/s1. The van der Waals surface area contributed by atoms with Crippen molar-refractivity contribution < 1.29 is 24.2 Å². The largest absolute Gasteiger partial charge is 0.479 e. The van der Waals surface area contributed by atoms with Gasteiger partial charge >= 0.3 is 11.9 Å². The third kappa shape index (κ3) is 7.13.